The lowest BCUT2D eigenvalue weighted by atomic mass is 10.0. The predicted molar refractivity (Wildman–Crippen MR) is 85.1 cm³/mol. The number of benzene rings is 1. The molecule has 4 heteroatoms. The lowest BCUT2D eigenvalue weighted by molar-refractivity contribution is -0.134. The van der Waals surface area contributed by atoms with E-state index in [1.165, 1.54) is 5.56 Å². The van der Waals surface area contributed by atoms with Crippen LogP contribution in [0.2, 0.25) is 0 Å². The van der Waals surface area contributed by atoms with Gasteiger partial charge in [-0.05, 0) is 30.4 Å². The Morgan fingerprint density at radius 3 is 2.36 bits per heavy atom. The van der Waals surface area contributed by atoms with Crippen molar-refractivity contribution < 1.29 is 4.79 Å². The summed E-state index contributed by atoms with van der Waals surface area (Å²) in [6.07, 6.45) is 3.13. The average molecular weight is 297 g/mol. The highest BCUT2D eigenvalue weighted by molar-refractivity contribution is 5.81. The summed E-state index contributed by atoms with van der Waals surface area (Å²) >= 11 is 0. The Balaban J connectivity index is 1.62. The summed E-state index contributed by atoms with van der Waals surface area (Å²) in [5.74, 6) is 0.611. The van der Waals surface area contributed by atoms with E-state index in [1.54, 1.807) is 0 Å². The third-order valence-electron chi connectivity index (χ3n) is 4.74. The summed E-state index contributed by atoms with van der Waals surface area (Å²) in [4.78, 5) is 16.3. The molecule has 1 aliphatic heterocycles. The third-order valence-corrected chi connectivity index (χ3v) is 4.74. The van der Waals surface area contributed by atoms with Crippen LogP contribution in [-0.2, 0) is 11.2 Å². The first-order valence-electron chi connectivity index (χ1n) is 8.24. The van der Waals surface area contributed by atoms with Gasteiger partial charge in [-0.1, -0.05) is 31.2 Å². The van der Waals surface area contributed by atoms with Crippen molar-refractivity contribution in [2.45, 2.75) is 32.2 Å². The zero-order valence-corrected chi connectivity index (χ0v) is 13.2. The van der Waals surface area contributed by atoms with Gasteiger partial charge in [0.25, 0.3) is 0 Å². The summed E-state index contributed by atoms with van der Waals surface area (Å²) < 4.78 is 0. The van der Waals surface area contributed by atoms with Gasteiger partial charge in [-0.25, -0.2) is 0 Å². The zero-order chi connectivity index (χ0) is 15.5. The summed E-state index contributed by atoms with van der Waals surface area (Å²) in [6, 6.07) is 10.6. The SMILES string of the molecule is CCc1ccc(C(C#N)N2CCN(C(=O)C3CC3)CC2)cc1. The number of carbonyl (C=O) groups excluding carboxylic acids is 1. The highest BCUT2D eigenvalue weighted by atomic mass is 16.2. The summed E-state index contributed by atoms with van der Waals surface area (Å²) in [5, 5.41) is 9.56. The average Bonchev–Trinajstić information content (AvgIpc) is 3.41. The molecule has 1 saturated heterocycles. The molecule has 1 aromatic rings. The van der Waals surface area contributed by atoms with Crippen molar-refractivity contribution >= 4 is 5.91 Å². The van der Waals surface area contributed by atoms with Crippen LogP contribution in [0.3, 0.4) is 0 Å². The topological polar surface area (TPSA) is 47.3 Å². The monoisotopic (exact) mass is 297 g/mol. The standard InChI is InChI=1S/C18H23N3O/c1-2-14-3-5-15(6-4-14)17(13-19)20-9-11-21(12-10-20)18(22)16-7-8-16/h3-6,16-17H,2,7-12H2,1H3. The Morgan fingerprint density at radius 2 is 1.86 bits per heavy atom. The number of amides is 1. The number of hydrogen-bond donors (Lipinski definition) is 0. The molecule has 1 unspecified atom stereocenters. The largest absolute Gasteiger partial charge is 0.340 e. The van der Waals surface area contributed by atoms with Gasteiger partial charge >= 0.3 is 0 Å². The quantitative estimate of drug-likeness (QED) is 0.857. The lowest BCUT2D eigenvalue weighted by Gasteiger charge is -2.37. The van der Waals surface area contributed by atoms with Crippen LogP contribution in [0, 0.1) is 17.2 Å². The normalized spacial score (nSPS) is 20.5. The molecule has 0 radical (unpaired) electrons. The number of nitriles is 1. The van der Waals surface area contributed by atoms with E-state index >= 15 is 0 Å². The van der Waals surface area contributed by atoms with Gasteiger partial charge in [-0.3, -0.25) is 9.69 Å². The van der Waals surface area contributed by atoms with E-state index in [0.29, 0.717) is 11.8 Å². The maximum atomic E-state index is 12.1. The van der Waals surface area contributed by atoms with Crippen molar-refractivity contribution in [3.05, 3.63) is 35.4 Å². The molecule has 1 aliphatic carbocycles. The van der Waals surface area contributed by atoms with E-state index in [-0.39, 0.29) is 6.04 Å². The molecule has 0 bridgehead atoms. The Bertz CT molecular complexity index is 563. The van der Waals surface area contributed by atoms with Gasteiger partial charge in [-0.15, -0.1) is 0 Å². The number of carbonyl (C=O) groups is 1. The fourth-order valence-corrected chi connectivity index (χ4v) is 3.09. The summed E-state index contributed by atoms with van der Waals surface area (Å²) in [5.41, 5.74) is 2.35. The minimum atomic E-state index is -0.205. The van der Waals surface area contributed by atoms with E-state index in [9.17, 15) is 10.1 Å². The van der Waals surface area contributed by atoms with Gasteiger partial charge in [0.05, 0.1) is 6.07 Å². The van der Waals surface area contributed by atoms with E-state index in [0.717, 1.165) is 51.0 Å². The molecule has 1 aromatic carbocycles. The number of rotatable bonds is 4. The maximum Gasteiger partial charge on any atom is 0.225 e. The van der Waals surface area contributed by atoms with Crippen LogP contribution in [0.1, 0.15) is 36.9 Å². The van der Waals surface area contributed by atoms with Crippen molar-refractivity contribution in [2.24, 2.45) is 5.92 Å². The molecule has 3 rings (SSSR count). The van der Waals surface area contributed by atoms with Gasteiger partial charge < -0.3 is 4.90 Å². The fourth-order valence-electron chi connectivity index (χ4n) is 3.09. The Hall–Kier alpha value is -1.86. The Kier molecular flexibility index (Phi) is 4.44. The first kappa shape index (κ1) is 15.1. The molecule has 4 nitrogen and oxygen atoms in total. The van der Waals surface area contributed by atoms with Crippen molar-refractivity contribution in [3.63, 3.8) is 0 Å². The number of nitrogens with zero attached hydrogens (tertiary/aromatic N) is 3. The number of hydrogen-bond acceptors (Lipinski definition) is 3. The van der Waals surface area contributed by atoms with Gasteiger partial charge in [-0.2, -0.15) is 5.26 Å². The predicted octanol–water partition coefficient (Wildman–Crippen LogP) is 2.37. The van der Waals surface area contributed by atoms with Crippen LogP contribution in [0.25, 0.3) is 0 Å². The molecule has 1 amide bonds. The van der Waals surface area contributed by atoms with Crippen LogP contribution in [0.5, 0.6) is 0 Å². The molecule has 0 spiro atoms. The van der Waals surface area contributed by atoms with Crippen molar-refractivity contribution in [2.75, 3.05) is 26.2 Å². The molecular weight excluding hydrogens is 274 g/mol. The molecule has 2 aliphatic rings. The van der Waals surface area contributed by atoms with Crippen LogP contribution in [0.15, 0.2) is 24.3 Å². The zero-order valence-electron chi connectivity index (χ0n) is 13.2. The van der Waals surface area contributed by atoms with Crippen LogP contribution >= 0.6 is 0 Å². The second-order valence-electron chi connectivity index (χ2n) is 6.26. The molecule has 1 atom stereocenters. The maximum absolute atomic E-state index is 12.1. The van der Waals surface area contributed by atoms with Gasteiger partial charge in [0.1, 0.15) is 6.04 Å². The van der Waals surface area contributed by atoms with E-state index < -0.39 is 0 Å². The van der Waals surface area contributed by atoms with E-state index in [4.69, 9.17) is 0 Å². The molecule has 1 heterocycles. The second kappa shape index (κ2) is 6.50. The van der Waals surface area contributed by atoms with Crippen LogP contribution in [0.4, 0.5) is 0 Å². The van der Waals surface area contributed by atoms with Gasteiger partial charge in [0, 0.05) is 32.1 Å². The molecule has 22 heavy (non-hydrogen) atoms. The highest BCUT2D eigenvalue weighted by Crippen LogP contribution is 2.31. The molecular formula is C18H23N3O. The molecule has 0 aromatic heterocycles. The second-order valence-corrected chi connectivity index (χ2v) is 6.26. The Morgan fingerprint density at radius 1 is 1.23 bits per heavy atom. The van der Waals surface area contributed by atoms with Crippen LogP contribution in [-0.4, -0.2) is 41.9 Å². The van der Waals surface area contributed by atoms with E-state index in [2.05, 4.69) is 42.2 Å². The summed E-state index contributed by atoms with van der Waals surface area (Å²) in [7, 11) is 0. The molecule has 0 N–H and O–H groups in total. The first-order chi connectivity index (χ1) is 10.7. The van der Waals surface area contributed by atoms with Crippen molar-refractivity contribution in [3.8, 4) is 6.07 Å². The highest BCUT2D eigenvalue weighted by Gasteiger charge is 2.35. The Labute approximate surface area is 132 Å². The van der Waals surface area contributed by atoms with Crippen molar-refractivity contribution in [1.29, 1.82) is 5.26 Å². The molecule has 116 valence electrons. The molecule has 2 fully saturated rings. The fraction of sp³-hybridized carbons (Fsp3) is 0.556. The first-order valence-corrected chi connectivity index (χ1v) is 8.24. The third kappa shape index (κ3) is 3.15. The van der Waals surface area contributed by atoms with Gasteiger partial charge in [0.2, 0.25) is 5.91 Å². The van der Waals surface area contributed by atoms with E-state index in [1.807, 2.05) is 4.90 Å². The lowest BCUT2D eigenvalue weighted by Crippen LogP contribution is -2.49. The summed E-state index contributed by atoms with van der Waals surface area (Å²) in [6.45, 7) is 5.20. The van der Waals surface area contributed by atoms with Crippen LogP contribution < -0.4 is 0 Å². The minimum absolute atomic E-state index is 0.205. The van der Waals surface area contributed by atoms with Crippen molar-refractivity contribution in [1.82, 2.24) is 9.80 Å². The number of piperazine rings is 1. The van der Waals surface area contributed by atoms with Gasteiger partial charge in [0.15, 0.2) is 0 Å². The smallest absolute Gasteiger partial charge is 0.225 e. The molecule has 1 saturated carbocycles. The number of aryl methyl sites for hydroxylation is 1. The minimum Gasteiger partial charge on any atom is -0.340 e.